The highest BCUT2D eigenvalue weighted by Gasteiger charge is 2.35. The maximum Gasteiger partial charge on any atom is 0.328 e. The third-order valence-corrected chi connectivity index (χ3v) is 8.30. The largest absolute Gasteiger partial charge is 0.480 e. The molecule has 0 aromatic heterocycles. The third-order valence-electron chi connectivity index (χ3n) is 6.78. The number of carbonyl (C=O) groups is 1. The predicted octanol–water partition coefficient (Wildman–Crippen LogP) is 4.63. The number of benzene rings is 2. The van der Waals surface area contributed by atoms with Gasteiger partial charge in [0.1, 0.15) is 5.54 Å². The Balaban J connectivity index is 1.59. The lowest BCUT2D eigenvalue weighted by Crippen LogP contribution is -2.40. The van der Waals surface area contributed by atoms with E-state index in [0.717, 1.165) is 48.2 Å². The lowest BCUT2D eigenvalue weighted by Gasteiger charge is -2.39. The molecule has 33 heavy (non-hydrogen) atoms. The van der Waals surface area contributed by atoms with Gasteiger partial charge in [-0.05, 0) is 80.0 Å². The van der Waals surface area contributed by atoms with Gasteiger partial charge in [0, 0.05) is 17.4 Å². The average molecular weight is 472 g/mol. The van der Waals surface area contributed by atoms with Gasteiger partial charge >= 0.3 is 5.97 Å². The van der Waals surface area contributed by atoms with Crippen molar-refractivity contribution in [3.63, 3.8) is 0 Å². The van der Waals surface area contributed by atoms with E-state index in [0.29, 0.717) is 4.90 Å². The second kappa shape index (κ2) is 8.33. The van der Waals surface area contributed by atoms with Crippen molar-refractivity contribution in [2.45, 2.75) is 81.3 Å². The molecule has 4 N–H and O–H groups in total. The number of hydrogen-bond donors (Lipinski definition) is 4. The van der Waals surface area contributed by atoms with Gasteiger partial charge in [0.2, 0.25) is 10.0 Å². The van der Waals surface area contributed by atoms with Crippen molar-refractivity contribution >= 4 is 27.4 Å². The average Bonchev–Trinajstić information content (AvgIpc) is 2.70. The van der Waals surface area contributed by atoms with Crippen LogP contribution < -0.4 is 15.4 Å². The molecule has 0 spiro atoms. The van der Waals surface area contributed by atoms with Crippen LogP contribution in [0.2, 0.25) is 0 Å². The van der Waals surface area contributed by atoms with E-state index in [-0.39, 0.29) is 17.5 Å². The highest BCUT2D eigenvalue weighted by Crippen LogP contribution is 2.45. The molecule has 8 heteroatoms. The van der Waals surface area contributed by atoms with Crippen LogP contribution in [0.4, 0.5) is 11.4 Å². The van der Waals surface area contributed by atoms with Crippen LogP contribution in [0.3, 0.4) is 0 Å². The molecule has 1 fully saturated rings. The van der Waals surface area contributed by atoms with E-state index in [1.165, 1.54) is 0 Å². The third kappa shape index (κ3) is 4.87. The lowest BCUT2D eigenvalue weighted by atomic mass is 9.74. The van der Waals surface area contributed by atoms with Crippen LogP contribution in [0.15, 0.2) is 47.4 Å². The number of nitrogens with one attached hydrogen (secondary N) is 3. The molecule has 2 aromatic rings. The number of sulfonamides is 1. The molecule has 0 saturated heterocycles. The molecule has 1 heterocycles. The molecule has 1 unspecified atom stereocenters. The van der Waals surface area contributed by atoms with Crippen molar-refractivity contribution in [3.8, 4) is 0 Å². The molecule has 1 atom stereocenters. The molecular formula is C25H33N3O4S. The Labute approximate surface area is 196 Å². The molecule has 1 aliphatic carbocycles. The fraction of sp³-hybridized carbons (Fsp3) is 0.480. The fourth-order valence-electron chi connectivity index (χ4n) is 4.50. The number of hydrogen-bond acceptors (Lipinski definition) is 5. The van der Waals surface area contributed by atoms with Crippen molar-refractivity contribution in [1.29, 1.82) is 0 Å². The van der Waals surface area contributed by atoms with Crippen LogP contribution in [0.1, 0.15) is 70.5 Å². The first-order valence-electron chi connectivity index (χ1n) is 11.4. The smallest absolute Gasteiger partial charge is 0.328 e. The van der Waals surface area contributed by atoms with E-state index in [1.54, 1.807) is 26.0 Å². The maximum atomic E-state index is 12.8. The van der Waals surface area contributed by atoms with Crippen molar-refractivity contribution in [2.24, 2.45) is 0 Å². The summed E-state index contributed by atoms with van der Waals surface area (Å²) in [6, 6.07) is 13.2. The quantitative estimate of drug-likeness (QED) is 0.469. The van der Waals surface area contributed by atoms with Gasteiger partial charge in [-0.3, -0.25) is 0 Å². The van der Waals surface area contributed by atoms with Crippen LogP contribution in [-0.4, -0.2) is 31.1 Å². The first-order valence-corrected chi connectivity index (χ1v) is 12.9. The number of rotatable bonds is 7. The summed E-state index contributed by atoms with van der Waals surface area (Å²) in [5.41, 5.74) is 2.35. The first-order chi connectivity index (χ1) is 15.4. The minimum atomic E-state index is -3.53. The van der Waals surface area contributed by atoms with Gasteiger partial charge in [0.15, 0.2) is 0 Å². The van der Waals surface area contributed by atoms with Gasteiger partial charge in [-0.2, -0.15) is 0 Å². The summed E-state index contributed by atoms with van der Waals surface area (Å²) in [5, 5.41) is 16.1. The molecule has 0 radical (unpaired) electrons. The van der Waals surface area contributed by atoms with Gasteiger partial charge in [0.05, 0.1) is 10.9 Å². The van der Waals surface area contributed by atoms with Crippen LogP contribution in [0.5, 0.6) is 0 Å². The van der Waals surface area contributed by atoms with Crippen LogP contribution >= 0.6 is 0 Å². The highest BCUT2D eigenvalue weighted by molar-refractivity contribution is 7.89. The van der Waals surface area contributed by atoms with E-state index in [1.807, 2.05) is 30.3 Å². The van der Waals surface area contributed by atoms with Gasteiger partial charge in [-0.15, -0.1) is 0 Å². The maximum absolute atomic E-state index is 12.8. The van der Waals surface area contributed by atoms with Crippen molar-refractivity contribution in [1.82, 2.24) is 4.72 Å². The molecule has 4 rings (SSSR count). The summed E-state index contributed by atoms with van der Waals surface area (Å²) in [5.74, 6) is -0.920. The predicted molar refractivity (Wildman–Crippen MR) is 130 cm³/mol. The minimum absolute atomic E-state index is 0.0118. The second-order valence-electron chi connectivity index (χ2n) is 10.4. The molecule has 178 valence electrons. The Hall–Kier alpha value is -2.58. The number of carboxylic acids is 1. The zero-order valence-electron chi connectivity index (χ0n) is 19.6. The van der Waals surface area contributed by atoms with Crippen molar-refractivity contribution in [3.05, 3.63) is 53.6 Å². The summed E-state index contributed by atoms with van der Waals surface area (Å²) in [6.45, 7) is 7.52. The summed E-state index contributed by atoms with van der Waals surface area (Å²) < 4.78 is 28.5. The molecule has 0 bridgehead atoms. The normalized spacial score (nSPS) is 20.3. The molecule has 2 aliphatic rings. The van der Waals surface area contributed by atoms with Crippen molar-refractivity contribution < 1.29 is 18.3 Å². The van der Waals surface area contributed by atoms with Crippen molar-refractivity contribution in [2.75, 3.05) is 10.6 Å². The molecule has 2 aromatic carbocycles. The van der Waals surface area contributed by atoms with Gasteiger partial charge in [0.25, 0.3) is 0 Å². The summed E-state index contributed by atoms with van der Waals surface area (Å²) >= 11 is 0. The molecular weight excluding hydrogens is 438 g/mol. The number of anilines is 2. The summed E-state index contributed by atoms with van der Waals surface area (Å²) in [7, 11) is -3.53. The zero-order chi connectivity index (χ0) is 24.0. The summed E-state index contributed by atoms with van der Waals surface area (Å²) in [6.07, 6.45) is 3.64. The minimum Gasteiger partial charge on any atom is -0.480 e. The van der Waals surface area contributed by atoms with E-state index < -0.39 is 21.5 Å². The van der Waals surface area contributed by atoms with E-state index in [2.05, 4.69) is 29.2 Å². The van der Waals surface area contributed by atoms with Gasteiger partial charge in [-0.1, -0.05) is 32.4 Å². The Morgan fingerprint density at radius 3 is 2.52 bits per heavy atom. The van der Waals surface area contributed by atoms with E-state index >= 15 is 0 Å². The Morgan fingerprint density at radius 1 is 1.15 bits per heavy atom. The van der Waals surface area contributed by atoms with E-state index in [4.69, 9.17) is 0 Å². The molecule has 1 aliphatic heterocycles. The number of aliphatic carboxylic acids is 1. The van der Waals surface area contributed by atoms with Crippen LogP contribution in [-0.2, 0) is 20.2 Å². The fourth-order valence-corrected chi connectivity index (χ4v) is 5.83. The summed E-state index contributed by atoms with van der Waals surface area (Å²) in [4.78, 5) is 11.8. The lowest BCUT2D eigenvalue weighted by molar-refractivity contribution is -0.141. The standard InChI is InChI=1S/C25H33N3O4S/c1-24(2)15-22(16-7-5-10-18(13-16)27-25(3,4)23(29)30)26-21-12-11-19(14-20(21)24)33(31,32)28-17-8-6-9-17/h5,7,10-14,17,22,26-28H,6,8-9,15H2,1-4H3,(H,29,30). The number of fused-ring (bicyclic) bond motifs is 1. The second-order valence-corrected chi connectivity index (χ2v) is 12.1. The number of carboxylic acid groups (broad SMARTS) is 1. The molecule has 1 saturated carbocycles. The van der Waals surface area contributed by atoms with Gasteiger partial charge < -0.3 is 15.7 Å². The Bertz CT molecular complexity index is 1170. The topological polar surface area (TPSA) is 108 Å². The Morgan fingerprint density at radius 2 is 1.88 bits per heavy atom. The van der Waals surface area contributed by atoms with Gasteiger partial charge in [-0.25, -0.2) is 17.9 Å². The zero-order valence-corrected chi connectivity index (χ0v) is 20.4. The van der Waals surface area contributed by atoms with Crippen LogP contribution in [0, 0.1) is 0 Å². The van der Waals surface area contributed by atoms with Crippen LogP contribution in [0.25, 0.3) is 0 Å². The highest BCUT2D eigenvalue weighted by atomic mass is 32.2. The van der Waals surface area contributed by atoms with E-state index in [9.17, 15) is 18.3 Å². The monoisotopic (exact) mass is 471 g/mol. The SMILES string of the molecule is CC(C)(Nc1cccc(C2CC(C)(C)c3cc(S(=O)(=O)NC4CCC4)ccc3N2)c1)C(=O)O. The first kappa shape index (κ1) is 23.6. The molecule has 0 amide bonds. The molecule has 7 nitrogen and oxygen atoms in total. The Kier molecular flexibility index (Phi) is 5.95.